The van der Waals surface area contributed by atoms with E-state index in [9.17, 15) is 24.6 Å². The van der Waals surface area contributed by atoms with Gasteiger partial charge in [0.25, 0.3) is 5.78 Å². The molecule has 0 heterocycles. The lowest BCUT2D eigenvalue weighted by atomic mass is 9.88. The standard InChI is InChI=1S/C24H40O6/c1-4-6-11-18(3)12-10-13-19-15-16-21(25)20(19)14-8-7-9-17-24(28,29)22(26)23(27)30-5-2/h10,13,18-20,28-29H,4-9,11-12,14-17H2,1-3H3/t18-,19+,20-/m1/s1. The first-order valence-electron chi connectivity index (χ1n) is 11.6. The van der Waals surface area contributed by atoms with Gasteiger partial charge in [-0.05, 0) is 44.4 Å². The maximum atomic E-state index is 12.3. The van der Waals surface area contributed by atoms with Crippen LogP contribution in [0.2, 0.25) is 0 Å². The highest BCUT2D eigenvalue weighted by molar-refractivity contribution is 6.36. The molecule has 172 valence electrons. The molecule has 0 aromatic carbocycles. The molecule has 0 spiro atoms. The molecule has 1 fully saturated rings. The Morgan fingerprint density at radius 1 is 1.20 bits per heavy atom. The van der Waals surface area contributed by atoms with Gasteiger partial charge in [-0.2, -0.15) is 0 Å². The van der Waals surface area contributed by atoms with Crippen molar-refractivity contribution in [3.05, 3.63) is 12.2 Å². The molecule has 1 saturated carbocycles. The number of ketones is 2. The third kappa shape index (κ3) is 9.09. The van der Waals surface area contributed by atoms with Crippen LogP contribution in [-0.2, 0) is 19.1 Å². The molecule has 6 nitrogen and oxygen atoms in total. The smallest absolute Gasteiger partial charge is 0.380 e. The summed E-state index contributed by atoms with van der Waals surface area (Å²) in [5.41, 5.74) is 0. The zero-order chi connectivity index (χ0) is 22.6. The van der Waals surface area contributed by atoms with Crippen molar-refractivity contribution in [1.29, 1.82) is 0 Å². The Bertz CT molecular complexity index is 580. The summed E-state index contributed by atoms with van der Waals surface area (Å²) in [6.07, 6.45) is 13.2. The maximum Gasteiger partial charge on any atom is 0.380 e. The van der Waals surface area contributed by atoms with E-state index in [0.717, 1.165) is 25.7 Å². The molecule has 0 bridgehead atoms. The fraction of sp³-hybridized carbons (Fsp3) is 0.792. The van der Waals surface area contributed by atoms with Gasteiger partial charge in [0.1, 0.15) is 5.78 Å². The number of rotatable bonds is 15. The van der Waals surface area contributed by atoms with Gasteiger partial charge in [-0.1, -0.05) is 58.1 Å². The Hall–Kier alpha value is -1.53. The van der Waals surface area contributed by atoms with E-state index in [1.807, 2.05) is 0 Å². The van der Waals surface area contributed by atoms with Crippen LogP contribution in [0.5, 0.6) is 0 Å². The third-order valence-electron chi connectivity index (χ3n) is 5.99. The van der Waals surface area contributed by atoms with Crippen LogP contribution in [0, 0.1) is 17.8 Å². The van der Waals surface area contributed by atoms with Crippen LogP contribution in [0.15, 0.2) is 12.2 Å². The first kappa shape index (κ1) is 26.5. The highest BCUT2D eigenvalue weighted by atomic mass is 16.6. The fourth-order valence-corrected chi connectivity index (χ4v) is 4.08. The average molecular weight is 425 g/mol. The lowest BCUT2D eigenvalue weighted by Crippen LogP contribution is -2.43. The maximum absolute atomic E-state index is 12.3. The summed E-state index contributed by atoms with van der Waals surface area (Å²) in [5, 5.41) is 19.6. The topological polar surface area (TPSA) is 101 Å². The van der Waals surface area contributed by atoms with Gasteiger partial charge in [-0.3, -0.25) is 9.59 Å². The van der Waals surface area contributed by atoms with E-state index < -0.39 is 17.5 Å². The Morgan fingerprint density at radius 3 is 2.60 bits per heavy atom. The molecule has 0 aromatic heterocycles. The van der Waals surface area contributed by atoms with E-state index in [2.05, 4.69) is 30.7 Å². The number of Topliss-reactive ketones (excluding diaryl/α,β-unsaturated/α-hetero) is 2. The molecule has 0 aliphatic heterocycles. The number of unbranched alkanes of at least 4 members (excludes halogenated alkanes) is 3. The van der Waals surface area contributed by atoms with Crippen molar-refractivity contribution < 1.29 is 29.3 Å². The Kier molecular flexibility index (Phi) is 12.1. The summed E-state index contributed by atoms with van der Waals surface area (Å²) >= 11 is 0. The number of carbonyl (C=O) groups excluding carboxylic acids is 3. The highest BCUT2D eigenvalue weighted by Crippen LogP contribution is 2.34. The van der Waals surface area contributed by atoms with Gasteiger partial charge < -0.3 is 14.9 Å². The molecular formula is C24H40O6. The molecule has 0 amide bonds. The molecule has 0 saturated heterocycles. The SMILES string of the molecule is CCCC[C@@H](C)CC=C[C@H]1CCC(=O)[C@@H]1CCCCCC(O)(O)C(=O)C(=O)OCC. The molecule has 1 aliphatic carbocycles. The van der Waals surface area contributed by atoms with Gasteiger partial charge in [0.05, 0.1) is 6.61 Å². The van der Waals surface area contributed by atoms with Crippen LogP contribution >= 0.6 is 0 Å². The molecule has 0 aromatic rings. The molecule has 2 N–H and O–H groups in total. The van der Waals surface area contributed by atoms with Crippen molar-refractivity contribution in [3.63, 3.8) is 0 Å². The number of carbonyl (C=O) groups is 3. The molecule has 0 unspecified atom stereocenters. The van der Waals surface area contributed by atoms with Crippen LogP contribution in [0.3, 0.4) is 0 Å². The molecule has 3 atom stereocenters. The van der Waals surface area contributed by atoms with Gasteiger partial charge in [0.15, 0.2) is 0 Å². The minimum Gasteiger partial charge on any atom is -0.460 e. The number of ether oxygens (including phenoxy) is 1. The number of hydrogen-bond acceptors (Lipinski definition) is 6. The predicted molar refractivity (Wildman–Crippen MR) is 116 cm³/mol. The van der Waals surface area contributed by atoms with E-state index in [1.54, 1.807) is 6.92 Å². The second-order valence-electron chi connectivity index (χ2n) is 8.65. The Morgan fingerprint density at radius 2 is 1.93 bits per heavy atom. The first-order valence-corrected chi connectivity index (χ1v) is 11.6. The van der Waals surface area contributed by atoms with E-state index in [0.29, 0.717) is 36.9 Å². The molecule has 1 aliphatic rings. The molecular weight excluding hydrogens is 384 g/mol. The molecule has 0 radical (unpaired) electrons. The minimum atomic E-state index is -2.69. The van der Waals surface area contributed by atoms with Gasteiger partial charge in [-0.15, -0.1) is 0 Å². The van der Waals surface area contributed by atoms with Crippen LogP contribution in [0.4, 0.5) is 0 Å². The third-order valence-corrected chi connectivity index (χ3v) is 5.99. The van der Waals surface area contributed by atoms with Gasteiger partial charge >= 0.3 is 5.97 Å². The van der Waals surface area contributed by atoms with Gasteiger partial charge in [-0.25, -0.2) is 4.79 Å². The van der Waals surface area contributed by atoms with E-state index in [1.165, 1.54) is 19.3 Å². The summed E-state index contributed by atoms with van der Waals surface area (Å²) < 4.78 is 4.52. The zero-order valence-corrected chi connectivity index (χ0v) is 18.9. The van der Waals surface area contributed by atoms with E-state index >= 15 is 0 Å². The van der Waals surface area contributed by atoms with E-state index in [-0.39, 0.29) is 18.9 Å². The summed E-state index contributed by atoms with van der Waals surface area (Å²) in [4.78, 5) is 35.3. The van der Waals surface area contributed by atoms with Crippen molar-refractivity contribution in [2.24, 2.45) is 17.8 Å². The Labute approximate surface area is 181 Å². The Balaban J connectivity index is 2.37. The second-order valence-corrected chi connectivity index (χ2v) is 8.65. The average Bonchev–Trinajstić information content (AvgIpc) is 3.05. The molecule has 30 heavy (non-hydrogen) atoms. The highest BCUT2D eigenvalue weighted by Gasteiger charge is 2.38. The van der Waals surface area contributed by atoms with Crippen LogP contribution in [0.25, 0.3) is 0 Å². The largest absolute Gasteiger partial charge is 0.460 e. The van der Waals surface area contributed by atoms with Crippen molar-refractivity contribution in [2.45, 2.75) is 97.2 Å². The fourth-order valence-electron chi connectivity index (χ4n) is 4.08. The number of aliphatic hydroxyl groups is 2. The number of esters is 1. The minimum absolute atomic E-state index is 0.00331. The predicted octanol–water partition coefficient (Wildman–Crippen LogP) is 4.12. The zero-order valence-electron chi connectivity index (χ0n) is 18.9. The molecule has 6 heteroatoms. The summed E-state index contributed by atoms with van der Waals surface area (Å²) in [5.74, 6) is -3.90. The lowest BCUT2D eigenvalue weighted by Gasteiger charge is -2.19. The van der Waals surface area contributed by atoms with Crippen LogP contribution in [-0.4, -0.2) is 40.1 Å². The first-order chi connectivity index (χ1) is 14.2. The van der Waals surface area contributed by atoms with Crippen molar-refractivity contribution >= 4 is 17.5 Å². The van der Waals surface area contributed by atoms with Gasteiger partial charge in [0.2, 0.25) is 5.79 Å². The quantitative estimate of drug-likeness (QED) is 0.135. The monoisotopic (exact) mass is 424 g/mol. The lowest BCUT2D eigenvalue weighted by molar-refractivity contribution is -0.193. The van der Waals surface area contributed by atoms with Crippen molar-refractivity contribution in [3.8, 4) is 0 Å². The van der Waals surface area contributed by atoms with E-state index in [4.69, 9.17) is 0 Å². The summed E-state index contributed by atoms with van der Waals surface area (Å²) in [6, 6.07) is 0. The second kappa shape index (κ2) is 13.7. The summed E-state index contributed by atoms with van der Waals surface area (Å²) in [7, 11) is 0. The van der Waals surface area contributed by atoms with Crippen LogP contribution < -0.4 is 0 Å². The number of hydrogen-bond donors (Lipinski definition) is 2. The van der Waals surface area contributed by atoms with Crippen molar-refractivity contribution in [1.82, 2.24) is 0 Å². The molecule has 1 rings (SSSR count). The van der Waals surface area contributed by atoms with Gasteiger partial charge in [0, 0.05) is 18.8 Å². The number of allylic oxidation sites excluding steroid dienone is 2. The van der Waals surface area contributed by atoms with Crippen molar-refractivity contribution in [2.75, 3.05) is 6.61 Å². The normalized spacial score (nSPS) is 20.6. The summed E-state index contributed by atoms with van der Waals surface area (Å²) in [6.45, 7) is 6.02. The van der Waals surface area contributed by atoms with Crippen LogP contribution in [0.1, 0.15) is 91.4 Å².